The van der Waals surface area contributed by atoms with E-state index in [-0.39, 0.29) is 0 Å². The molecule has 3 N–H and O–H groups in total. The lowest BCUT2D eigenvalue weighted by Gasteiger charge is -2.26. The van der Waals surface area contributed by atoms with E-state index in [1.165, 1.54) is 0 Å². The molecule has 1 saturated heterocycles. The second-order valence-corrected chi connectivity index (χ2v) is 4.50. The molecule has 1 aliphatic heterocycles. The molecule has 0 spiro atoms. The molecule has 5 heteroatoms. The zero-order chi connectivity index (χ0) is 11.8. The fourth-order valence-electron chi connectivity index (χ4n) is 1.50. The van der Waals surface area contributed by atoms with Crippen LogP contribution >= 0.6 is 0 Å². The van der Waals surface area contributed by atoms with Crippen molar-refractivity contribution in [2.75, 3.05) is 45.9 Å². The van der Waals surface area contributed by atoms with Gasteiger partial charge in [0.05, 0.1) is 13.2 Å². The van der Waals surface area contributed by atoms with Crippen LogP contribution in [0.15, 0.2) is 4.99 Å². The summed E-state index contributed by atoms with van der Waals surface area (Å²) < 4.78 is 5.28. The number of rotatable bonds is 5. The summed E-state index contributed by atoms with van der Waals surface area (Å²) in [6.07, 6.45) is 0. The molecule has 0 amide bonds. The van der Waals surface area contributed by atoms with Crippen LogP contribution in [0.5, 0.6) is 0 Å². The van der Waals surface area contributed by atoms with Gasteiger partial charge < -0.3 is 15.8 Å². The molecule has 0 aromatic rings. The summed E-state index contributed by atoms with van der Waals surface area (Å²) in [4.78, 5) is 6.61. The van der Waals surface area contributed by atoms with Crippen LogP contribution in [0, 0.1) is 5.92 Å². The molecule has 94 valence electrons. The summed E-state index contributed by atoms with van der Waals surface area (Å²) in [5.74, 6) is 1.11. The predicted molar refractivity (Wildman–Crippen MR) is 66.6 cm³/mol. The van der Waals surface area contributed by atoms with Crippen LogP contribution in [0.25, 0.3) is 0 Å². The average molecular weight is 228 g/mol. The lowest BCUT2D eigenvalue weighted by molar-refractivity contribution is 0.0389. The zero-order valence-electron chi connectivity index (χ0n) is 10.4. The first-order valence-corrected chi connectivity index (χ1v) is 6.02. The van der Waals surface area contributed by atoms with Gasteiger partial charge in [-0.05, 0) is 5.92 Å². The molecule has 0 aliphatic carbocycles. The number of guanidine groups is 1. The van der Waals surface area contributed by atoms with Crippen molar-refractivity contribution in [3.63, 3.8) is 0 Å². The van der Waals surface area contributed by atoms with Crippen LogP contribution in [0.1, 0.15) is 13.8 Å². The quantitative estimate of drug-likeness (QED) is 0.509. The summed E-state index contributed by atoms with van der Waals surface area (Å²) in [7, 11) is 0. The number of hydrogen-bond donors (Lipinski definition) is 2. The fraction of sp³-hybridized carbons (Fsp3) is 0.909. The van der Waals surface area contributed by atoms with Crippen molar-refractivity contribution in [3.05, 3.63) is 0 Å². The van der Waals surface area contributed by atoms with Crippen LogP contribution < -0.4 is 11.1 Å². The minimum atomic E-state index is 0.555. The Kier molecular flexibility index (Phi) is 6.18. The van der Waals surface area contributed by atoms with Crippen molar-refractivity contribution in [2.24, 2.45) is 16.6 Å². The smallest absolute Gasteiger partial charge is 0.188 e. The predicted octanol–water partition coefficient (Wildman–Crippen LogP) is -0.121. The molecule has 0 aromatic carbocycles. The number of aliphatic imine (C=N–C) groups is 1. The van der Waals surface area contributed by atoms with E-state index >= 15 is 0 Å². The normalized spacial score (nSPS) is 19.1. The number of nitrogens with one attached hydrogen (secondary N) is 1. The number of ether oxygens (including phenoxy) is 1. The highest BCUT2D eigenvalue weighted by atomic mass is 16.5. The van der Waals surface area contributed by atoms with Gasteiger partial charge in [0.15, 0.2) is 5.96 Å². The molecule has 1 aliphatic rings. The molecule has 1 heterocycles. The lowest BCUT2D eigenvalue weighted by Crippen LogP contribution is -2.43. The van der Waals surface area contributed by atoms with Crippen molar-refractivity contribution in [3.8, 4) is 0 Å². The standard InChI is InChI=1S/C11H24N4O/c1-10(2)9-14-11(12)13-3-4-15-5-7-16-8-6-15/h10H,3-9H2,1-2H3,(H3,12,13,14). The molecule has 0 aromatic heterocycles. The van der Waals surface area contributed by atoms with Gasteiger partial charge in [-0.1, -0.05) is 13.8 Å². The lowest BCUT2D eigenvalue weighted by atomic mass is 10.2. The summed E-state index contributed by atoms with van der Waals surface area (Å²) in [5.41, 5.74) is 5.73. The van der Waals surface area contributed by atoms with Gasteiger partial charge in [0.2, 0.25) is 0 Å². The van der Waals surface area contributed by atoms with Gasteiger partial charge in [-0.3, -0.25) is 9.89 Å². The van der Waals surface area contributed by atoms with E-state index in [0.29, 0.717) is 11.9 Å². The maximum atomic E-state index is 5.73. The highest BCUT2D eigenvalue weighted by molar-refractivity contribution is 5.77. The molecule has 5 nitrogen and oxygen atoms in total. The van der Waals surface area contributed by atoms with Crippen molar-refractivity contribution >= 4 is 5.96 Å². The van der Waals surface area contributed by atoms with Crippen LogP contribution in [0.2, 0.25) is 0 Å². The second-order valence-electron chi connectivity index (χ2n) is 4.50. The highest BCUT2D eigenvalue weighted by Crippen LogP contribution is 1.94. The summed E-state index contributed by atoms with van der Waals surface area (Å²) in [6, 6.07) is 0. The van der Waals surface area contributed by atoms with Gasteiger partial charge in [-0.2, -0.15) is 0 Å². The minimum Gasteiger partial charge on any atom is -0.379 e. The SMILES string of the molecule is CC(C)CN=C(N)NCCN1CCOCC1. The van der Waals surface area contributed by atoms with Gasteiger partial charge in [0, 0.05) is 32.7 Å². The fourth-order valence-corrected chi connectivity index (χ4v) is 1.50. The Bertz CT molecular complexity index is 212. The second kappa shape index (κ2) is 7.46. The Balaban J connectivity index is 2.07. The third-order valence-electron chi connectivity index (χ3n) is 2.46. The minimum absolute atomic E-state index is 0.555. The van der Waals surface area contributed by atoms with E-state index < -0.39 is 0 Å². The van der Waals surface area contributed by atoms with E-state index in [4.69, 9.17) is 10.5 Å². The van der Waals surface area contributed by atoms with Crippen molar-refractivity contribution in [1.82, 2.24) is 10.2 Å². The van der Waals surface area contributed by atoms with Gasteiger partial charge in [-0.25, -0.2) is 0 Å². The molecule has 0 bridgehead atoms. The molecular weight excluding hydrogens is 204 g/mol. The molecule has 0 unspecified atom stereocenters. The maximum Gasteiger partial charge on any atom is 0.188 e. The summed E-state index contributed by atoms with van der Waals surface area (Å²) in [6.45, 7) is 10.6. The monoisotopic (exact) mass is 228 g/mol. The first kappa shape index (κ1) is 13.3. The van der Waals surface area contributed by atoms with Crippen LogP contribution in [0.3, 0.4) is 0 Å². The topological polar surface area (TPSA) is 62.9 Å². The zero-order valence-corrected chi connectivity index (χ0v) is 10.4. The molecule has 1 fully saturated rings. The summed E-state index contributed by atoms with van der Waals surface area (Å²) in [5, 5.41) is 3.13. The van der Waals surface area contributed by atoms with Crippen molar-refractivity contribution < 1.29 is 4.74 Å². The van der Waals surface area contributed by atoms with E-state index in [9.17, 15) is 0 Å². The molecule has 16 heavy (non-hydrogen) atoms. The molecule has 0 saturated carbocycles. The van der Waals surface area contributed by atoms with Gasteiger partial charge >= 0.3 is 0 Å². The highest BCUT2D eigenvalue weighted by Gasteiger charge is 2.08. The number of nitrogens with two attached hydrogens (primary N) is 1. The van der Waals surface area contributed by atoms with E-state index in [0.717, 1.165) is 45.9 Å². The third-order valence-corrected chi connectivity index (χ3v) is 2.46. The van der Waals surface area contributed by atoms with Gasteiger partial charge in [0.1, 0.15) is 0 Å². The van der Waals surface area contributed by atoms with Crippen LogP contribution in [-0.4, -0.2) is 56.8 Å². The number of morpholine rings is 1. The van der Waals surface area contributed by atoms with E-state index in [1.54, 1.807) is 0 Å². The largest absolute Gasteiger partial charge is 0.379 e. The molecular formula is C11H24N4O. The first-order chi connectivity index (χ1) is 7.68. The average Bonchev–Trinajstić information content (AvgIpc) is 2.28. The van der Waals surface area contributed by atoms with Crippen LogP contribution in [0.4, 0.5) is 0 Å². The molecule has 0 radical (unpaired) electrons. The molecule has 0 atom stereocenters. The van der Waals surface area contributed by atoms with Crippen molar-refractivity contribution in [1.29, 1.82) is 0 Å². The first-order valence-electron chi connectivity index (χ1n) is 6.02. The Hall–Kier alpha value is -0.810. The van der Waals surface area contributed by atoms with E-state index in [1.807, 2.05) is 0 Å². The summed E-state index contributed by atoms with van der Waals surface area (Å²) >= 11 is 0. The van der Waals surface area contributed by atoms with E-state index in [2.05, 4.69) is 29.1 Å². The number of nitrogens with zero attached hydrogens (tertiary/aromatic N) is 2. The van der Waals surface area contributed by atoms with Crippen molar-refractivity contribution in [2.45, 2.75) is 13.8 Å². The molecule has 1 rings (SSSR count). The Morgan fingerprint density at radius 2 is 2.12 bits per heavy atom. The maximum absolute atomic E-state index is 5.73. The number of hydrogen-bond acceptors (Lipinski definition) is 3. The van der Waals surface area contributed by atoms with Crippen LogP contribution in [-0.2, 0) is 4.74 Å². The van der Waals surface area contributed by atoms with Gasteiger partial charge in [0.25, 0.3) is 0 Å². The Morgan fingerprint density at radius 1 is 1.44 bits per heavy atom. The Labute approximate surface area is 98.0 Å². The Morgan fingerprint density at radius 3 is 2.75 bits per heavy atom. The van der Waals surface area contributed by atoms with Gasteiger partial charge in [-0.15, -0.1) is 0 Å². The third kappa shape index (κ3) is 5.92.